The van der Waals surface area contributed by atoms with E-state index in [0.29, 0.717) is 5.69 Å². The average Bonchev–Trinajstić information content (AvgIpc) is 2.82. The fourth-order valence-electron chi connectivity index (χ4n) is 1.51. The summed E-state index contributed by atoms with van der Waals surface area (Å²) in [4.78, 5) is 11.7. The number of carbonyl (C=O) groups is 1. The molecule has 1 aromatic heterocycles. The smallest absolute Gasteiger partial charge is 0.248 e. The van der Waals surface area contributed by atoms with Crippen LogP contribution in [0.15, 0.2) is 45.6 Å². The van der Waals surface area contributed by atoms with Crippen molar-refractivity contribution in [3.63, 3.8) is 0 Å². The predicted octanol–water partition coefficient (Wildman–Crippen LogP) is 3.65. The zero-order chi connectivity index (χ0) is 13.7. The number of nitrogens with one attached hydrogen (secondary N) is 1. The van der Waals surface area contributed by atoms with Crippen LogP contribution in [0.5, 0.6) is 0 Å². The summed E-state index contributed by atoms with van der Waals surface area (Å²) in [6.45, 7) is -0.0392. The molecule has 2 rings (SSSR count). The standard InChI is InChI=1S/C14H12BrNO2S/c15-13-7-11(9-19-13)4-5-14(18)16-12-3-1-2-10(6-12)8-17/h1-7,9,17H,8H2,(H,16,18)/b5-4+. The Balaban J connectivity index is 1.99. The molecule has 0 saturated heterocycles. The Morgan fingerprint density at radius 1 is 1.42 bits per heavy atom. The molecule has 3 nitrogen and oxygen atoms in total. The minimum atomic E-state index is -0.197. The van der Waals surface area contributed by atoms with E-state index in [1.807, 2.05) is 11.4 Å². The highest BCUT2D eigenvalue weighted by atomic mass is 79.9. The highest BCUT2D eigenvalue weighted by Gasteiger charge is 1.99. The predicted molar refractivity (Wildman–Crippen MR) is 82.0 cm³/mol. The van der Waals surface area contributed by atoms with E-state index in [1.165, 1.54) is 6.08 Å². The molecule has 0 saturated carbocycles. The zero-order valence-electron chi connectivity index (χ0n) is 9.97. The van der Waals surface area contributed by atoms with E-state index >= 15 is 0 Å². The van der Waals surface area contributed by atoms with Crippen LogP contribution in [0.4, 0.5) is 5.69 Å². The summed E-state index contributed by atoms with van der Waals surface area (Å²) in [5.74, 6) is -0.197. The molecule has 1 aromatic carbocycles. The summed E-state index contributed by atoms with van der Waals surface area (Å²) in [5, 5.41) is 13.7. The Bertz CT molecular complexity index is 607. The Hall–Kier alpha value is -1.43. The van der Waals surface area contributed by atoms with E-state index in [1.54, 1.807) is 41.7 Å². The molecular formula is C14H12BrNO2S. The maximum absolute atomic E-state index is 11.7. The highest BCUT2D eigenvalue weighted by molar-refractivity contribution is 9.11. The molecule has 0 atom stereocenters. The number of aliphatic hydroxyl groups excluding tert-OH is 1. The molecule has 1 amide bonds. The third-order valence-electron chi connectivity index (χ3n) is 2.39. The summed E-state index contributed by atoms with van der Waals surface area (Å²) in [6.07, 6.45) is 3.24. The van der Waals surface area contributed by atoms with Crippen molar-refractivity contribution >= 4 is 44.9 Å². The van der Waals surface area contributed by atoms with Crippen molar-refractivity contribution in [3.8, 4) is 0 Å². The second-order valence-electron chi connectivity index (χ2n) is 3.87. The van der Waals surface area contributed by atoms with Crippen LogP contribution in [-0.4, -0.2) is 11.0 Å². The fourth-order valence-corrected chi connectivity index (χ4v) is 2.66. The number of benzene rings is 1. The Morgan fingerprint density at radius 2 is 2.26 bits per heavy atom. The first-order valence-corrected chi connectivity index (χ1v) is 7.27. The monoisotopic (exact) mass is 337 g/mol. The Labute approximate surface area is 123 Å². The van der Waals surface area contributed by atoms with Crippen molar-refractivity contribution in [2.45, 2.75) is 6.61 Å². The number of amides is 1. The lowest BCUT2D eigenvalue weighted by molar-refractivity contribution is -0.111. The molecule has 5 heteroatoms. The first-order chi connectivity index (χ1) is 9.17. The van der Waals surface area contributed by atoms with Crippen LogP contribution in [-0.2, 0) is 11.4 Å². The van der Waals surface area contributed by atoms with Gasteiger partial charge in [0.25, 0.3) is 0 Å². The van der Waals surface area contributed by atoms with Crippen LogP contribution in [0, 0.1) is 0 Å². The quantitative estimate of drug-likeness (QED) is 0.836. The SMILES string of the molecule is O=C(/C=C/c1csc(Br)c1)Nc1cccc(CO)c1. The van der Waals surface area contributed by atoms with Gasteiger partial charge in [0, 0.05) is 11.8 Å². The van der Waals surface area contributed by atoms with Crippen LogP contribution in [0.3, 0.4) is 0 Å². The summed E-state index contributed by atoms with van der Waals surface area (Å²) < 4.78 is 1.03. The summed E-state index contributed by atoms with van der Waals surface area (Å²) in [6, 6.07) is 9.06. The molecule has 0 unspecified atom stereocenters. The van der Waals surface area contributed by atoms with E-state index in [-0.39, 0.29) is 12.5 Å². The summed E-state index contributed by atoms with van der Waals surface area (Å²) in [5.41, 5.74) is 2.42. The van der Waals surface area contributed by atoms with Crippen LogP contribution < -0.4 is 5.32 Å². The molecule has 0 aliphatic heterocycles. The molecule has 98 valence electrons. The van der Waals surface area contributed by atoms with Gasteiger partial charge in [-0.3, -0.25) is 4.79 Å². The van der Waals surface area contributed by atoms with Crippen LogP contribution in [0.25, 0.3) is 6.08 Å². The van der Waals surface area contributed by atoms with E-state index < -0.39 is 0 Å². The van der Waals surface area contributed by atoms with Gasteiger partial charge in [0.2, 0.25) is 5.91 Å². The molecule has 0 aliphatic rings. The third kappa shape index (κ3) is 4.31. The van der Waals surface area contributed by atoms with E-state index in [9.17, 15) is 4.79 Å². The van der Waals surface area contributed by atoms with Gasteiger partial charge in [-0.1, -0.05) is 12.1 Å². The second kappa shape index (κ2) is 6.65. The maximum Gasteiger partial charge on any atom is 0.248 e. The van der Waals surface area contributed by atoms with Gasteiger partial charge in [-0.25, -0.2) is 0 Å². The van der Waals surface area contributed by atoms with Gasteiger partial charge in [0.05, 0.1) is 10.4 Å². The van der Waals surface area contributed by atoms with Crippen molar-refractivity contribution < 1.29 is 9.90 Å². The number of anilines is 1. The molecular weight excluding hydrogens is 326 g/mol. The van der Waals surface area contributed by atoms with Gasteiger partial charge in [-0.05, 0) is 56.7 Å². The molecule has 2 N–H and O–H groups in total. The van der Waals surface area contributed by atoms with E-state index in [2.05, 4.69) is 21.2 Å². The van der Waals surface area contributed by atoms with Crippen molar-refractivity contribution in [2.75, 3.05) is 5.32 Å². The zero-order valence-corrected chi connectivity index (χ0v) is 12.4. The van der Waals surface area contributed by atoms with Crippen molar-refractivity contribution in [3.05, 3.63) is 56.7 Å². The normalized spacial score (nSPS) is 10.8. The van der Waals surface area contributed by atoms with Gasteiger partial charge in [-0.15, -0.1) is 11.3 Å². The highest BCUT2D eigenvalue weighted by Crippen LogP contribution is 2.21. The lowest BCUT2D eigenvalue weighted by Gasteiger charge is -2.03. The van der Waals surface area contributed by atoms with Crippen LogP contribution in [0.2, 0.25) is 0 Å². The first-order valence-electron chi connectivity index (χ1n) is 5.60. The van der Waals surface area contributed by atoms with Crippen molar-refractivity contribution in [1.29, 1.82) is 0 Å². The third-order valence-corrected chi connectivity index (χ3v) is 3.91. The first kappa shape index (κ1) is 14.0. The summed E-state index contributed by atoms with van der Waals surface area (Å²) >= 11 is 4.94. The molecule has 0 fully saturated rings. The minimum absolute atomic E-state index is 0.0392. The number of halogens is 1. The maximum atomic E-state index is 11.7. The van der Waals surface area contributed by atoms with Crippen LogP contribution >= 0.6 is 27.3 Å². The minimum Gasteiger partial charge on any atom is -0.392 e. The van der Waals surface area contributed by atoms with E-state index in [4.69, 9.17) is 5.11 Å². The molecule has 0 radical (unpaired) electrons. The van der Waals surface area contributed by atoms with E-state index in [0.717, 1.165) is 14.9 Å². The van der Waals surface area contributed by atoms with Gasteiger partial charge >= 0.3 is 0 Å². The van der Waals surface area contributed by atoms with Gasteiger partial charge in [0.15, 0.2) is 0 Å². The average molecular weight is 338 g/mol. The number of aliphatic hydroxyl groups is 1. The lowest BCUT2D eigenvalue weighted by Crippen LogP contribution is -2.07. The number of rotatable bonds is 4. The Morgan fingerprint density at radius 3 is 2.95 bits per heavy atom. The molecule has 2 aromatic rings. The van der Waals surface area contributed by atoms with Crippen molar-refractivity contribution in [1.82, 2.24) is 0 Å². The van der Waals surface area contributed by atoms with Gasteiger partial charge < -0.3 is 10.4 Å². The van der Waals surface area contributed by atoms with Gasteiger partial charge in [-0.2, -0.15) is 0 Å². The molecule has 0 spiro atoms. The Kier molecular flexibility index (Phi) is 4.90. The number of hydrogen-bond acceptors (Lipinski definition) is 3. The molecule has 1 heterocycles. The lowest BCUT2D eigenvalue weighted by atomic mass is 10.2. The topological polar surface area (TPSA) is 49.3 Å². The number of carbonyl (C=O) groups excluding carboxylic acids is 1. The van der Waals surface area contributed by atoms with Crippen molar-refractivity contribution in [2.24, 2.45) is 0 Å². The fraction of sp³-hybridized carbons (Fsp3) is 0.0714. The van der Waals surface area contributed by atoms with Gasteiger partial charge in [0.1, 0.15) is 0 Å². The van der Waals surface area contributed by atoms with Crippen LogP contribution in [0.1, 0.15) is 11.1 Å². The molecule has 0 bridgehead atoms. The second-order valence-corrected chi connectivity index (χ2v) is 6.16. The largest absolute Gasteiger partial charge is 0.392 e. The number of hydrogen-bond donors (Lipinski definition) is 2. The molecule has 0 aliphatic carbocycles. The number of thiophene rings is 1. The molecule has 19 heavy (non-hydrogen) atoms. The summed E-state index contributed by atoms with van der Waals surface area (Å²) in [7, 11) is 0.